The summed E-state index contributed by atoms with van der Waals surface area (Å²) in [6, 6.07) is 10.8. The smallest absolute Gasteiger partial charge is 0.262 e. The van der Waals surface area contributed by atoms with Crippen molar-refractivity contribution in [3.63, 3.8) is 0 Å². The summed E-state index contributed by atoms with van der Waals surface area (Å²) in [5, 5.41) is 2.78. The summed E-state index contributed by atoms with van der Waals surface area (Å²) >= 11 is 0. The molecule has 26 heavy (non-hydrogen) atoms. The van der Waals surface area contributed by atoms with Gasteiger partial charge in [0.15, 0.2) is 29.6 Å². The van der Waals surface area contributed by atoms with Gasteiger partial charge in [-0.15, -0.1) is 0 Å². The summed E-state index contributed by atoms with van der Waals surface area (Å²) in [6.45, 7) is 2.84. The number of nitrogens with one attached hydrogen (secondary N) is 1. The van der Waals surface area contributed by atoms with Crippen molar-refractivity contribution in [3.8, 4) is 23.0 Å². The first kappa shape index (κ1) is 17.7. The molecule has 0 saturated carbocycles. The van der Waals surface area contributed by atoms with E-state index < -0.39 is 0 Å². The van der Waals surface area contributed by atoms with Gasteiger partial charge < -0.3 is 24.3 Å². The molecule has 0 atom stereocenters. The van der Waals surface area contributed by atoms with Crippen LogP contribution in [0.5, 0.6) is 23.0 Å². The number of hydrogen-bond acceptors (Lipinski definition) is 5. The van der Waals surface area contributed by atoms with E-state index in [0.29, 0.717) is 41.9 Å². The Bertz CT molecular complexity index is 816. The molecule has 0 fully saturated rings. The molecule has 0 aromatic heterocycles. The number of fused-ring (bicyclic) bond motifs is 1. The van der Waals surface area contributed by atoms with Gasteiger partial charge in [0.05, 0.1) is 7.11 Å². The second-order valence-corrected chi connectivity index (χ2v) is 5.61. The minimum Gasteiger partial charge on any atom is -0.493 e. The van der Waals surface area contributed by atoms with Crippen molar-refractivity contribution in [1.82, 2.24) is 0 Å². The highest BCUT2D eigenvalue weighted by Crippen LogP contribution is 2.32. The standard InChI is InChI=1S/C20H21NO5/c1-3-4-14-5-7-16(18(11-14)23-2)26-13-20(22)21-15-6-8-17-19(12-15)25-10-9-24-17/h3-8,11-12H,9-10,13H2,1-2H3,(H,21,22)/b4-3+. The number of hydrogen-bond donors (Lipinski definition) is 1. The van der Waals surface area contributed by atoms with Crippen molar-refractivity contribution in [2.75, 3.05) is 32.2 Å². The number of benzene rings is 2. The minimum absolute atomic E-state index is 0.131. The monoisotopic (exact) mass is 355 g/mol. The highest BCUT2D eigenvalue weighted by molar-refractivity contribution is 5.92. The van der Waals surface area contributed by atoms with Crippen LogP contribution in [-0.2, 0) is 4.79 Å². The van der Waals surface area contributed by atoms with Crippen molar-refractivity contribution in [1.29, 1.82) is 0 Å². The molecule has 1 N–H and O–H groups in total. The number of carbonyl (C=O) groups is 1. The predicted octanol–water partition coefficient (Wildman–Crippen LogP) is 3.52. The zero-order valence-electron chi connectivity index (χ0n) is 14.8. The third kappa shape index (κ3) is 4.27. The molecule has 136 valence electrons. The lowest BCUT2D eigenvalue weighted by atomic mass is 10.2. The van der Waals surface area contributed by atoms with Gasteiger partial charge in [0.25, 0.3) is 5.91 Å². The van der Waals surface area contributed by atoms with Gasteiger partial charge in [0.2, 0.25) is 0 Å². The Morgan fingerprint density at radius 2 is 1.92 bits per heavy atom. The minimum atomic E-state index is -0.277. The first-order valence-electron chi connectivity index (χ1n) is 8.32. The van der Waals surface area contributed by atoms with Crippen LogP contribution in [0.2, 0.25) is 0 Å². The number of ether oxygens (including phenoxy) is 4. The van der Waals surface area contributed by atoms with Gasteiger partial charge in [-0.05, 0) is 36.8 Å². The number of methoxy groups -OCH3 is 1. The van der Waals surface area contributed by atoms with E-state index in [2.05, 4.69) is 5.32 Å². The molecular weight excluding hydrogens is 334 g/mol. The number of carbonyl (C=O) groups excluding carboxylic acids is 1. The maximum atomic E-state index is 12.2. The van der Waals surface area contributed by atoms with Crippen LogP contribution in [0.1, 0.15) is 12.5 Å². The van der Waals surface area contributed by atoms with E-state index in [-0.39, 0.29) is 12.5 Å². The highest BCUT2D eigenvalue weighted by Gasteiger charge is 2.13. The van der Waals surface area contributed by atoms with Gasteiger partial charge in [-0.3, -0.25) is 4.79 Å². The van der Waals surface area contributed by atoms with Gasteiger partial charge in [0.1, 0.15) is 13.2 Å². The van der Waals surface area contributed by atoms with Gasteiger partial charge in [-0.25, -0.2) is 0 Å². The molecule has 6 heteroatoms. The lowest BCUT2D eigenvalue weighted by Gasteiger charge is -2.19. The SMILES string of the molecule is C/C=C/c1ccc(OCC(=O)Nc2ccc3c(c2)OCCO3)c(OC)c1. The molecule has 1 aliphatic heterocycles. The number of amides is 1. The average Bonchev–Trinajstić information content (AvgIpc) is 2.67. The van der Waals surface area contributed by atoms with Crippen LogP contribution in [0.25, 0.3) is 6.08 Å². The maximum absolute atomic E-state index is 12.2. The lowest BCUT2D eigenvalue weighted by molar-refractivity contribution is -0.118. The lowest BCUT2D eigenvalue weighted by Crippen LogP contribution is -2.21. The van der Waals surface area contributed by atoms with E-state index in [1.54, 1.807) is 31.4 Å². The molecule has 0 unspecified atom stereocenters. The molecule has 2 aromatic rings. The van der Waals surface area contributed by atoms with Crippen molar-refractivity contribution in [3.05, 3.63) is 48.0 Å². The van der Waals surface area contributed by atoms with Crippen molar-refractivity contribution >= 4 is 17.7 Å². The topological polar surface area (TPSA) is 66.0 Å². The van der Waals surface area contributed by atoms with Crippen LogP contribution in [0.4, 0.5) is 5.69 Å². The van der Waals surface area contributed by atoms with E-state index in [4.69, 9.17) is 18.9 Å². The highest BCUT2D eigenvalue weighted by atomic mass is 16.6. The van der Waals surface area contributed by atoms with Crippen molar-refractivity contribution < 1.29 is 23.7 Å². The second-order valence-electron chi connectivity index (χ2n) is 5.61. The maximum Gasteiger partial charge on any atom is 0.262 e. The largest absolute Gasteiger partial charge is 0.493 e. The summed E-state index contributed by atoms with van der Waals surface area (Å²) in [4.78, 5) is 12.2. The molecular formula is C20H21NO5. The van der Waals surface area contributed by atoms with Crippen LogP contribution in [0.15, 0.2) is 42.5 Å². The zero-order valence-corrected chi connectivity index (χ0v) is 14.8. The van der Waals surface area contributed by atoms with E-state index in [1.807, 2.05) is 31.2 Å². The molecule has 3 rings (SSSR count). The Hall–Kier alpha value is -3.15. The van der Waals surface area contributed by atoms with Gasteiger partial charge in [-0.2, -0.15) is 0 Å². The zero-order chi connectivity index (χ0) is 18.4. The fourth-order valence-electron chi connectivity index (χ4n) is 2.56. The third-order valence-electron chi connectivity index (χ3n) is 3.73. The summed E-state index contributed by atoms with van der Waals surface area (Å²) in [7, 11) is 1.57. The van der Waals surface area contributed by atoms with E-state index in [9.17, 15) is 4.79 Å². The van der Waals surface area contributed by atoms with Crippen LogP contribution < -0.4 is 24.3 Å². The van der Waals surface area contributed by atoms with Crippen LogP contribution in [-0.4, -0.2) is 32.8 Å². The number of rotatable bonds is 6. The first-order chi connectivity index (χ1) is 12.7. The predicted molar refractivity (Wildman–Crippen MR) is 99.3 cm³/mol. The summed E-state index contributed by atoms with van der Waals surface area (Å²) in [5.41, 5.74) is 1.62. The molecule has 1 heterocycles. The van der Waals surface area contributed by atoms with Crippen LogP contribution in [0.3, 0.4) is 0 Å². The van der Waals surface area contributed by atoms with Gasteiger partial charge >= 0.3 is 0 Å². The fourth-order valence-corrected chi connectivity index (χ4v) is 2.56. The Balaban J connectivity index is 1.60. The Morgan fingerprint density at radius 1 is 1.12 bits per heavy atom. The van der Waals surface area contributed by atoms with E-state index in [1.165, 1.54) is 0 Å². The van der Waals surface area contributed by atoms with Crippen LogP contribution in [0, 0.1) is 0 Å². The Labute approximate surface area is 152 Å². The van der Waals surface area contributed by atoms with E-state index in [0.717, 1.165) is 5.56 Å². The summed E-state index contributed by atoms with van der Waals surface area (Å²) in [5.74, 6) is 2.11. The second kappa shape index (κ2) is 8.29. The molecule has 1 amide bonds. The summed E-state index contributed by atoms with van der Waals surface area (Å²) < 4.78 is 21.9. The molecule has 6 nitrogen and oxygen atoms in total. The van der Waals surface area contributed by atoms with E-state index >= 15 is 0 Å². The van der Waals surface area contributed by atoms with Crippen molar-refractivity contribution in [2.45, 2.75) is 6.92 Å². The molecule has 0 spiro atoms. The molecule has 0 radical (unpaired) electrons. The average molecular weight is 355 g/mol. The van der Waals surface area contributed by atoms with Gasteiger partial charge in [0, 0.05) is 11.8 Å². The van der Waals surface area contributed by atoms with Crippen LogP contribution >= 0.6 is 0 Å². The first-order valence-corrected chi connectivity index (χ1v) is 8.32. The number of anilines is 1. The van der Waals surface area contributed by atoms with Gasteiger partial charge in [-0.1, -0.05) is 18.2 Å². The molecule has 1 aliphatic rings. The molecule has 0 aliphatic carbocycles. The Morgan fingerprint density at radius 3 is 2.69 bits per heavy atom. The molecule has 0 saturated heterocycles. The third-order valence-corrected chi connectivity index (χ3v) is 3.73. The normalized spacial score (nSPS) is 12.7. The molecule has 0 bridgehead atoms. The summed E-state index contributed by atoms with van der Waals surface area (Å²) in [6.07, 6.45) is 3.90. The van der Waals surface area contributed by atoms with Crippen molar-refractivity contribution in [2.24, 2.45) is 0 Å². The Kier molecular flexibility index (Phi) is 5.63. The number of allylic oxidation sites excluding steroid dienone is 1. The molecule has 2 aromatic carbocycles. The fraction of sp³-hybridized carbons (Fsp3) is 0.250. The quantitative estimate of drug-likeness (QED) is 0.859.